The van der Waals surface area contributed by atoms with E-state index in [-0.39, 0.29) is 35.0 Å². The fraction of sp³-hybridized carbons (Fsp3) is 0.312. The van der Waals surface area contributed by atoms with Crippen molar-refractivity contribution in [1.29, 1.82) is 0 Å². The van der Waals surface area contributed by atoms with Gasteiger partial charge in [-0.05, 0) is 97.2 Å². The number of hydrogen-bond donors (Lipinski definition) is 1. The van der Waals surface area contributed by atoms with Crippen molar-refractivity contribution in [1.82, 2.24) is 14.3 Å². The number of nitrogens with one attached hydrogen (secondary N) is 1. The van der Waals surface area contributed by atoms with E-state index < -0.39 is 16.1 Å². The standard InChI is InChI=1S/C32H33FN4O3S/c1-21-6-3-10-26(16-21)41(39,40)35-30-11-5-7-22-12-13-25(18-28(22)30)37(20-31-34-14-15-36(31)2)32(38)29-19-27(29)23-8-4-9-24(33)17-23/h3-4,6,8-10,12-18,27,29-30,35H,5,7,11,19-20H2,1-2H3/t27-,29-,30-/m0/s1. The number of benzene rings is 3. The maximum absolute atomic E-state index is 14.0. The molecule has 6 rings (SSSR count). The minimum Gasteiger partial charge on any atom is -0.337 e. The van der Waals surface area contributed by atoms with Crippen LogP contribution in [0.5, 0.6) is 0 Å². The Morgan fingerprint density at radius 3 is 2.71 bits per heavy atom. The van der Waals surface area contributed by atoms with Crippen LogP contribution in [-0.2, 0) is 34.8 Å². The van der Waals surface area contributed by atoms with Crippen LogP contribution >= 0.6 is 0 Å². The molecule has 41 heavy (non-hydrogen) atoms. The Morgan fingerprint density at radius 2 is 1.95 bits per heavy atom. The Kier molecular flexibility index (Phi) is 7.25. The van der Waals surface area contributed by atoms with Crippen LogP contribution in [0.3, 0.4) is 0 Å². The highest BCUT2D eigenvalue weighted by atomic mass is 32.2. The highest BCUT2D eigenvalue weighted by Gasteiger charge is 2.46. The lowest BCUT2D eigenvalue weighted by Crippen LogP contribution is -2.34. The van der Waals surface area contributed by atoms with E-state index in [2.05, 4.69) is 9.71 Å². The van der Waals surface area contributed by atoms with Gasteiger partial charge >= 0.3 is 0 Å². The minimum absolute atomic E-state index is 0.0337. The lowest BCUT2D eigenvalue weighted by Gasteiger charge is -2.29. The lowest BCUT2D eigenvalue weighted by molar-refractivity contribution is -0.120. The van der Waals surface area contributed by atoms with Crippen LogP contribution in [-0.4, -0.2) is 23.9 Å². The number of amides is 1. The second-order valence-electron chi connectivity index (χ2n) is 11.1. The molecular weight excluding hydrogens is 539 g/mol. The molecule has 0 radical (unpaired) electrons. The van der Waals surface area contributed by atoms with Gasteiger partial charge in [-0.25, -0.2) is 22.5 Å². The number of sulfonamides is 1. The molecule has 3 atom stereocenters. The number of halogens is 1. The van der Waals surface area contributed by atoms with Crippen LogP contribution in [0.25, 0.3) is 0 Å². The van der Waals surface area contributed by atoms with Gasteiger partial charge in [0, 0.05) is 37.1 Å². The molecule has 212 valence electrons. The molecule has 0 spiro atoms. The van der Waals surface area contributed by atoms with Crippen molar-refractivity contribution < 1.29 is 17.6 Å². The summed E-state index contributed by atoms with van der Waals surface area (Å²) < 4.78 is 45.3. The van der Waals surface area contributed by atoms with Gasteiger partial charge in [-0.15, -0.1) is 0 Å². The molecule has 1 amide bonds. The molecule has 9 heteroatoms. The molecule has 0 bridgehead atoms. The number of rotatable bonds is 8. The van der Waals surface area contributed by atoms with Crippen molar-refractivity contribution in [2.75, 3.05) is 4.90 Å². The van der Waals surface area contributed by atoms with Gasteiger partial charge in [0.25, 0.3) is 0 Å². The zero-order valence-corrected chi connectivity index (χ0v) is 23.9. The normalized spacial score (nSPS) is 19.9. The number of imidazole rings is 1. The Hall–Kier alpha value is -3.82. The summed E-state index contributed by atoms with van der Waals surface area (Å²) >= 11 is 0. The summed E-state index contributed by atoms with van der Waals surface area (Å²) in [6.45, 7) is 2.14. The zero-order valence-electron chi connectivity index (χ0n) is 23.1. The number of carbonyl (C=O) groups excluding carboxylic acids is 1. The Labute approximate surface area is 240 Å². The molecule has 0 unspecified atom stereocenters. The van der Waals surface area contributed by atoms with Gasteiger partial charge in [-0.1, -0.05) is 30.3 Å². The van der Waals surface area contributed by atoms with Gasteiger partial charge in [0.05, 0.1) is 11.4 Å². The molecule has 0 saturated heterocycles. The first-order chi connectivity index (χ1) is 19.7. The lowest BCUT2D eigenvalue weighted by atomic mass is 9.87. The topological polar surface area (TPSA) is 84.3 Å². The number of hydrogen-bond acceptors (Lipinski definition) is 4. The largest absolute Gasteiger partial charge is 0.337 e. The van der Waals surface area contributed by atoms with Crippen molar-refractivity contribution >= 4 is 21.6 Å². The van der Waals surface area contributed by atoms with Crippen LogP contribution in [0.15, 0.2) is 84.0 Å². The summed E-state index contributed by atoms with van der Waals surface area (Å²) in [7, 11) is -1.85. The summed E-state index contributed by atoms with van der Waals surface area (Å²) in [6, 6.07) is 18.8. The Bertz CT molecular complexity index is 1720. The van der Waals surface area contributed by atoms with Crippen molar-refractivity contribution in [3.63, 3.8) is 0 Å². The van der Waals surface area contributed by atoms with Crippen molar-refractivity contribution in [3.8, 4) is 0 Å². The summed E-state index contributed by atoms with van der Waals surface area (Å²) in [6.07, 6.45) is 6.57. The van der Waals surface area contributed by atoms with Gasteiger partial charge in [0.2, 0.25) is 15.9 Å². The smallest absolute Gasteiger partial charge is 0.241 e. The highest BCUT2D eigenvalue weighted by Crippen LogP contribution is 2.49. The summed E-state index contributed by atoms with van der Waals surface area (Å²) in [5.74, 6) is 0.0854. The first-order valence-corrected chi connectivity index (χ1v) is 15.4. The summed E-state index contributed by atoms with van der Waals surface area (Å²) in [4.78, 5) is 20.4. The first-order valence-electron chi connectivity index (χ1n) is 13.9. The minimum atomic E-state index is -3.74. The SMILES string of the molecule is Cc1cccc(S(=O)(=O)N[C@H]2CCCc3ccc(N(Cc4nccn4C)C(=O)[C@H]4C[C@H]4c4cccc(F)c4)cc32)c1. The van der Waals surface area contributed by atoms with E-state index in [1.807, 2.05) is 55.1 Å². The van der Waals surface area contributed by atoms with Crippen LogP contribution in [0.2, 0.25) is 0 Å². The van der Waals surface area contributed by atoms with Gasteiger partial charge in [0.15, 0.2) is 0 Å². The number of aryl methyl sites for hydroxylation is 3. The second-order valence-corrected chi connectivity index (χ2v) is 12.9. The van der Waals surface area contributed by atoms with Gasteiger partial charge < -0.3 is 9.47 Å². The average Bonchev–Trinajstić information content (AvgIpc) is 3.66. The molecule has 1 fully saturated rings. The molecule has 0 aliphatic heterocycles. The van der Waals surface area contributed by atoms with E-state index in [1.165, 1.54) is 12.1 Å². The number of anilines is 1. The maximum atomic E-state index is 14.0. The maximum Gasteiger partial charge on any atom is 0.241 e. The van der Waals surface area contributed by atoms with Crippen LogP contribution in [0.4, 0.5) is 10.1 Å². The van der Waals surface area contributed by atoms with Crippen molar-refractivity contribution in [3.05, 3.63) is 113 Å². The van der Waals surface area contributed by atoms with E-state index in [9.17, 15) is 17.6 Å². The third kappa shape index (κ3) is 5.69. The molecule has 4 aromatic rings. The third-order valence-electron chi connectivity index (χ3n) is 8.22. The number of fused-ring (bicyclic) bond motifs is 1. The quantitative estimate of drug-likeness (QED) is 0.300. The molecule has 3 aromatic carbocycles. The van der Waals surface area contributed by atoms with Crippen molar-refractivity contribution in [2.24, 2.45) is 13.0 Å². The molecule has 1 N–H and O–H groups in total. The second kappa shape index (κ2) is 10.9. The van der Waals surface area contributed by atoms with E-state index in [0.29, 0.717) is 18.5 Å². The molecular formula is C32H33FN4O3S. The molecule has 1 saturated carbocycles. The molecule has 7 nitrogen and oxygen atoms in total. The molecule has 1 heterocycles. The van der Waals surface area contributed by atoms with Gasteiger partial charge in [-0.3, -0.25) is 4.79 Å². The Balaban J connectivity index is 1.32. The molecule has 2 aliphatic rings. The van der Waals surface area contributed by atoms with Gasteiger partial charge in [-0.2, -0.15) is 0 Å². The van der Waals surface area contributed by atoms with Crippen LogP contribution in [0.1, 0.15) is 59.3 Å². The van der Waals surface area contributed by atoms with Crippen LogP contribution in [0, 0.1) is 18.7 Å². The van der Waals surface area contributed by atoms with E-state index in [0.717, 1.165) is 40.9 Å². The fourth-order valence-electron chi connectivity index (χ4n) is 5.88. The number of carbonyl (C=O) groups is 1. The number of nitrogens with zero attached hydrogens (tertiary/aromatic N) is 3. The fourth-order valence-corrected chi connectivity index (χ4v) is 7.23. The van der Waals surface area contributed by atoms with E-state index >= 15 is 0 Å². The third-order valence-corrected chi connectivity index (χ3v) is 9.69. The van der Waals surface area contributed by atoms with Crippen molar-refractivity contribution in [2.45, 2.75) is 56.0 Å². The predicted octanol–water partition coefficient (Wildman–Crippen LogP) is 5.56. The van der Waals surface area contributed by atoms with Gasteiger partial charge in [0.1, 0.15) is 11.6 Å². The van der Waals surface area contributed by atoms with Crippen LogP contribution < -0.4 is 9.62 Å². The monoisotopic (exact) mass is 572 g/mol. The zero-order chi connectivity index (χ0) is 28.7. The first kappa shape index (κ1) is 27.4. The summed E-state index contributed by atoms with van der Waals surface area (Å²) in [5, 5.41) is 0. The van der Waals surface area contributed by atoms with E-state index in [4.69, 9.17) is 0 Å². The summed E-state index contributed by atoms with van der Waals surface area (Å²) in [5.41, 5.74) is 4.37. The Morgan fingerprint density at radius 1 is 1.12 bits per heavy atom. The molecule has 2 aliphatic carbocycles. The molecule has 1 aromatic heterocycles. The average molecular weight is 573 g/mol. The van der Waals surface area contributed by atoms with E-state index in [1.54, 1.807) is 35.4 Å². The highest BCUT2D eigenvalue weighted by molar-refractivity contribution is 7.89. The number of aromatic nitrogens is 2. The predicted molar refractivity (Wildman–Crippen MR) is 155 cm³/mol.